The molecular formula is C19H41IN4O4. The SMILES string of the molecule is CN=C(NCCOCCOC)N(C)CCC(NC(=O)OC(C)(C)C)C(C)C.I. The van der Waals surface area contributed by atoms with Crippen molar-refractivity contribution in [2.24, 2.45) is 10.9 Å². The van der Waals surface area contributed by atoms with Gasteiger partial charge in [-0.25, -0.2) is 4.79 Å². The third kappa shape index (κ3) is 15.2. The van der Waals surface area contributed by atoms with Crippen molar-refractivity contribution in [1.82, 2.24) is 15.5 Å². The molecule has 0 bridgehead atoms. The van der Waals surface area contributed by atoms with Crippen molar-refractivity contribution in [3.05, 3.63) is 0 Å². The Kier molecular flexibility index (Phi) is 16.8. The highest BCUT2D eigenvalue weighted by atomic mass is 127. The molecule has 1 amide bonds. The zero-order valence-corrected chi connectivity index (χ0v) is 21.2. The number of hydrogen-bond acceptors (Lipinski definition) is 5. The molecule has 8 nitrogen and oxygen atoms in total. The summed E-state index contributed by atoms with van der Waals surface area (Å²) in [5, 5.41) is 6.25. The van der Waals surface area contributed by atoms with Gasteiger partial charge in [-0.2, -0.15) is 0 Å². The predicted octanol–water partition coefficient (Wildman–Crippen LogP) is 2.71. The molecule has 0 aromatic rings. The molecule has 0 saturated carbocycles. The van der Waals surface area contributed by atoms with E-state index in [-0.39, 0.29) is 36.1 Å². The van der Waals surface area contributed by atoms with Crippen LogP contribution < -0.4 is 10.6 Å². The van der Waals surface area contributed by atoms with Crippen molar-refractivity contribution in [2.45, 2.75) is 52.7 Å². The van der Waals surface area contributed by atoms with Gasteiger partial charge in [-0.05, 0) is 33.1 Å². The third-order valence-corrected chi connectivity index (χ3v) is 3.82. The summed E-state index contributed by atoms with van der Waals surface area (Å²) < 4.78 is 15.7. The van der Waals surface area contributed by atoms with Crippen molar-refractivity contribution >= 4 is 36.0 Å². The fourth-order valence-corrected chi connectivity index (χ4v) is 2.33. The minimum Gasteiger partial charge on any atom is -0.444 e. The molecular weight excluding hydrogens is 475 g/mol. The molecule has 0 rings (SSSR count). The molecule has 168 valence electrons. The van der Waals surface area contributed by atoms with E-state index in [1.807, 2.05) is 32.7 Å². The first-order valence-corrected chi connectivity index (χ1v) is 9.58. The van der Waals surface area contributed by atoms with Gasteiger partial charge in [-0.15, -0.1) is 24.0 Å². The molecule has 0 heterocycles. The Morgan fingerprint density at radius 1 is 1.18 bits per heavy atom. The van der Waals surface area contributed by atoms with Crippen LogP contribution in [0, 0.1) is 5.92 Å². The molecule has 0 fully saturated rings. The number of hydrogen-bond donors (Lipinski definition) is 2. The number of halogens is 1. The minimum absolute atomic E-state index is 0. The van der Waals surface area contributed by atoms with E-state index in [9.17, 15) is 4.79 Å². The molecule has 2 N–H and O–H groups in total. The number of ether oxygens (including phenoxy) is 3. The van der Waals surface area contributed by atoms with Gasteiger partial charge in [-0.3, -0.25) is 4.99 Å². The van der Waals surface area contributed by atoms with Crippen LogP contribution in [0.2, 0.25) is 0 Å². The Morgan fingerprint density at radius 3 is 2.32 bits per heavy atom. The number of aliphatic imine (C=N–C) groups is 1. The first kappa shape index (κ1) is 29.4. The second-order valence-electron chi connectivity index (χ2n) is 7.79. The number of methoxy groups -OCH3 is 1. The maximum absolute atomic E-state index is 12.1. The summed E-state index contributed by atoms with van der Waals surface area (Å²) in [6.45, 7) is 12.9. The van der Waals surface area contributed by atoms with E-state index in [1.165, 1.54) is 0 Å². The van der Waals surface area contributed by atoms with Gasteiger partial charge in [0.05, 0.1) is 19.8 Å². The topological polar surface area (TPSA) is 84.4 Å². The molecule has 0 aliphatic heterocycles. The smallest absolute Gasteiger partial charge is 0.407 e. The van der Waals surface area contributed by atoms with Gasteiger partial charge in [0.1, 0.15) is 5.60 Å². The summed E-state index contributed by atoms with van der Waals surface area (Å²) in [5.74, 6) is 1.10. The van der Waals surface area contributed by atoms with Crippen LogP contribution in [-0.2, 0) is 14.2 Å². The van der Waals surface area contributed by atoms with E-state index < -0.39 is 5.60 Å². The molecule has 9 heteroatoms. The standard InChI is InChI=1S/C19H40N4O4.HI/c1-15(2)16(22-18(24)27-19(3,4)5)9-11-23(7)17(20-6)21-10-12-26-14-13-25-8;/h15-16H,9-14H2,1-8H3,(H,20,21)(H,22,24);1H. The van der Waals surface area contributed by atoms with E-state index in [0.29, 0.717) is 32.3 Å². The molecule has 0 radical (unpaired) electrons. The first-order chi connectivity index (χ1) is 12.6. The molecule has 0 aliphatic carbocycles. The summed E-state index contributed by atoms with van der Waals surface area (Å²) in [7, 11) is 5.38. The van der Waals surface area contributed by atoms with Crippen LogP contribution in [0.4, 0.5) is 4.79 Å². The van der Waals surface area contributed by atoms with Crippen molar-refractivity contribution in [1.29, 1.82) is 0 Å². The van der Waals surface area contributed by atoms with Gasteiger partial charge in [0.15, 0.2) is 5.96 Å². The zero-order chi connectivity index (χ0) is 20.9. The van der Waals surface area contributed by atoms with Gasteiger partial charge >= 0.3 is 6.09 Å². The summed E-state index contributed by atoms with van der Waals surface area (Å²) in [5.41, 5.74) is -0.500. The van der Waals surface area contributed by atoms with Gasteiger partial charge in [0.2, 0.25) is 0 Å². The number of nitrogens with zero attached hydrogens (tertiary/aromatic N) is 2. The molecule has 1 unspecified atom stereocenters. The Labute approximate surface area is 188 Å². The Balaban J connectivity index is 0. The highest BCUT2D eigenvalue weighted by Crippen LogP contribution is 2.11. The van der Waals surface area contributed by atoms with Crippen LogP contribution in [0.5, 0.6) is 0 Å². The van der Waals surface area contributed by atoms with Gasteiger partial charge in [0, 0.05) is 40.3 Å². The van der Waals surface area contributed by atoms with Crippen LogP contribution in [0.15, 0.2) is 4.99 Å². The van der Waals surface area contributed by atoms with Gasteiger partial charge < -0.3 is 29.7 Å². The van der Waals surface area contributed by atoms with Crippen molar-refractivity contribution in [3.63, 3.8) is 0 Å². The molecule has 0 spiro atoms. The Morgan fingerprint density at radius 2 is 1.82 bits per heavy atom. The van der Waals surface area contributed by atoms with E-state index in [2.05, 4.69) is 29.5 Å². The fourth-order valence-electron chi connectivity index (χ4n) is 2.33. The molecule has 0 saturated heterocycles. The summed E-state index contributed by atoms with van der Waals surface area (Å²) in [6, 6.07) is 0.0257. The molecule has 0 aliphatic rings. The maximum Gasteiger partial charge on any atom is 0.407 e. The number of carbonyl (C=O) groups is 1. The van der Waals surface area contributed by atoms with E-state index in [4.69, 9.17) is 14.2 Å². The fraction of sp³-hybridized carbons (Fsp3) is 0.895. The average Bonchev–Trinajstić information content (AvgIpc) is 2.55. The highest BCUT2D eigenvalue weighted by Gasteiger charge is 2.22. The number of amides is 1. The van der Waals surface area contributed by atoms with Crippen LogP contribution in [0.25, 0.3) is 0 Å². The van der Waals surface area contributed by atoms with Crippen LogP contribution in [0.1, 0.15) is 41.0 Å². The summed E-state index contributed by atoms with van der Waals surface area (Å²) in [4.78, 5) is 18.4. The van der Waals surface area contributed by atoms with Crippen LogP contribution >= 0.6 is 24.0 Å². The monoisotopic (exact) mass is 516 g/mol. The second-order valence-corrected chi connectivity index (χ2v) is 7.79. The average molecular weight is 516 g/mol. The van der Waals surface area contributed by atoms with Crippen molar-refractivity contribution in [2.75, 3.05) is 54.1 Å². The summed E-state index contributed by atoms with van der Waals surface area (Å²) in [6.07, 6.45) is 0.415. The first-order valence-electron chi connectivity index (χ1n) is 9.58. The molecule has 0 aromatic heterocycles. The normalized spacial score (nSPS) is 13.0. The third-order valence-electron chi connectivity index (χ3n) is 3.82. The Hall–Kier alpha value is -0.810. The van der Waals surface area contributed by atoms with Crippen LogP contribution in [-0.4, -0.2) is 82.7 Å². The molecule has 1 atom stereocenters. The zero-order valence-electron chi connectivity index (χ0n) is 18.8. The van der Waals surface area contributed by atoms with Crippen molar-refractivity contribution < 1.29 is 19.0 Å². The Bertz CT molecular complexity index is 442. The van der Waals surface area contributed by atoms with E-state index in [0.717, 1.165) is 18.9 Å². The highest BCUT2D eigenvalue weighted by molar-refractivity contribution is 14.0. The minimum atomic E-state index is -0.500. The maximum atomic E-state index is 12.1. The molecule has 0 aromatic carbocycles. The van der Waals surface area contributed by atoms with Crippen LogP contribution in [0.3, 0.4) is 0 Å². The largest absolute Gasteiger partial charge is 0.444 e. The van der Waals surface area contributed by atoms with Gasteiger partial charge in [-0.1, -0.05) is 13.8 Å². The predicted molar refractivity (Wildman–Crippen MR) is 125 cm³/mol. The lowest BCUT2D eigenvalue weighted by Crippen LogP contribution is -2.45. The lowest BCUT2D eigenvalue weighted by atomic mass is 10.0. The summed E-state index contributed by atoms with van der Waals surface area (Å²) >= 11 is 0. The lowest BCUT2D eigenvalue weighted by molar-refractivity contribution is 0.0485. The number of alkyl carbamates (subject to hydrolysis) is 1. The molecule has 28 heavy (non-hydrogen) atoms. The quantitative estimate of drug-likeness (QED) is 0.190. The van der Waals surface area contributed by atoms with E-state index in [1.54, 1.807) is 14.2 Å². The number of nitrogens with one attached hydrogen (secondary N) is 2. The number of carbonyl (C=O) groups excluding carboxylic acids is 1. The number of rotatable bonds is 11. The van der Waals surface area contributed by atoms with Gasteiger partial charge in [0.25, 0.3) is 0 Å². The van der Waals surface area contributed by atoms with Crippen molar-refractivity contribution in [3.8, 4) is 0 Å². The lowest BCUT2D eigenvalue weighted by Gasteiger charge is -2.28. The second kappa shape index (κ2) is 16.0. The number of guanidine groups is 1. The van der Waals surface area contributed by atoms with E-state index >= 15 is 0 Å².